The van der Waals surface area contributed by atoms with Gasteiger partial charge in [-0.05, 0) is 21.3 Å². The van der Waals surface area contributed by atoms with Crippen molar-refractivity contribution in [2.24, 2.45) is 10.2 Å². The van der Waals surface area contributed by atoms with E-state index in [4.69, 9.17) is 11.1 Å². The van der Waals surface area contributed by atoms with E-state index < -0.39 is 32.1 Å². The van der Waals surface area contributed by atoms with E-state index in [1.54, 1.807) is 0 Å². The molecule has 0 aromatic heterocycles. The van der Waals surface area contributed by atoms with E-state index in [1.807, 2.05) is 9.82 Å². The van der Waals surface area contributed by atoms with Crippen LogP contribution in [0.25, 0.3) is 20.9 Å². The van der Waals surface area contributed by atoms with E-state index in [-0.39, 0.29) is 0 Å². The smallest absolute Gasteiger partial charge is 0.348 e. The zero-order valence-corrected chi connectivity index (χ0v) is 8.13. The highest BCUT2D eigenvalue weighted by Gasteiger charge is 2.29. The van der Waals surface area contributed by atoms with Crippen LogP contribution in [-0.4, -0.2) is 32.1 Å². The molecule has 0 radical (unpaired) electrons. The maximum absolute atomic E-state index is 12.4. The summed E-state index contributed by atoms with van der Waals surface area (Å²) in [5, 5.41) is 4.17. The molecule has 0 rings (SSSR count). The van der Waals surface area contributed by atoms with E-state index in [2.05, 4.69) is 19.7 Å². The number of azide groups is 2. The fourth-order valence-electron chi connectivity index (χ4n) is 0.576. The summed E-state index contributed by atoms with van der Waals surface area (Å²) < 4.78 is 57.8. The number of hydrogen-bond acceptors (Lipinski definition) is 4. The van der Waals surface area contributed by atoms with Crippen LogP contribution in [0.5, 0.6) is 0 Å². The Bertz CT molecular complexity index is 305. The Labute approximate surface area is 91.4 Å². The van der Waals surface area contributed by atoms with E-state index >= 15 is 0 Å². The second-order valence-corrected chi connectivity index (χ2v) is 2.53. The van der Waals surface area contributed by atoms with Gasteiger partial charge in [0.2, 0.25) is 0 Å². The first-order chi connectivity index (χ1) is 7.83. The van der Waals surface area contributed by atoms with E-state index in [0.717, 1.165) is 0 Å². The van der Waals surface area contributed by atoms with Crippen molar-refractivity contribution < 1.29 is 27.0 Å². The molecule has 8 nitrogen and oxygen atoms in total. The quantitative estimate of drug-likeness (QED) is 0.126. The highest BCUT2D eigenvalue weighted by molar-refractivity contribution is 4.62. The predicted molar refractivity (Wildman–Crippen MR) is 45.0 cm³/mol. The van der Waals surface area contributed by atoms with Gasteiger partial charge < -0.3 is 9.47 Å². The van der Waals surface area contributed by atoms with Crippen LogP contribution in [0.15, 0.2) is 10.2 Å². The molecule has 12 heteroatoms. The van der Waals surface area contributed by atoms with E-state index in [1.165, 1.54) is 0 Å². The van der Waals surface area contributed by atoms with Crippen LogP contribution < -0.4 is 0 Å². The van der Waals surface area contributed by atoms with Crippen molar-refractivity contribution in [3.8, 4) is 0 Å². The van der Waals surface area contributed by atoms with Crippen molar-refractivity contribution in [3.63, 3.8) is 0 Å². The number of rotatable bonds is 8. The first-order valence-electron chi connectivity index (χ1n) is 3.86. The van der Waals surface area contributed by atoms with Crippen LogP contribution in [0.3, 0.4) is 0 Å². The van der Waals surface area contributed by atoms with Crippen LogP contribution in [0.1, 0.15) is 0 Å². The van der Waals surface area contributed by atoms with Gasteiger partial charge in [-0.2, -0.15) is 17.6 Å². The van der Waals surface area contributed by atoms with Gasteiger partial charge in [0.25, 0.3) is 0 Å². The summed E-state index contributed by atoms with van der Waals surface area (Å²) in [6.45, 7) is -3.53. The standard InChI is InChI=1S/C5H6F4N6O2/c6-4(7,12-14-10)1-16-3-17-2-5(8,9)13-15-11/h1-3H2. The van der Waals surface area contributed by atoms with Crippen LogP contribution >= 0.6 is 0 Å². The normalized spacial score (nSPS) is 11.5. The highest BCUT2D eigenvalue weighted by atomic mass is 19.3. The monoisotopic (exact) mass is 258 g/mol. The second kappa shape index (κ2) is 6.76. The SMILES string of the molecule is [N-]=[N+]=NC(F)(F)COCOCC(F)(F)N=[N+]=[N-]. The lowest BCUT2D eigenvalue weighted by Crippen LogP contribution is -2.24. The van der Waals surface area contributed by atoms with Gasteiger partial charge in [0.05, 0.1) is 0 Å². The average Bonchev–Trinajstić information content (AvgIpc) is 2.16. The van der Waals surface area contributed by atoms with Crippen molar-refractivity contribution in [2.75, 3.05) is 20.0 Å². The molecule has 0 atom stereocenters. The molecule has 17 heavy (non-hydrogen) atoms. The summed E-state index contributed by atoms with van der Waals surface area (Å²) in [4.78, 5) is 3.70. The molecule has 0 fully saturated rings. The van der Waals surface area contributed by atoms with Crippen molar-refractivity contribution in [2.45, 2.75) is 12.1 Å². The molecule has 0 bridgehead atoms. The van der Waals surface area contributed by atoms with Crippen LogP contribution in [0.2, 0.25) is 0 Å². The maximum Gasteiger partial charge on any atom is 0.348 e. The minimum Gasteiger partial charge on any atom is -0.349 e. The largest absolute Gasteiger partial charge is 0.349 e. The lowest BCUT2D eigenvalue weighted by molar-refractivity contribution is -0.157. The van der Waals surface area contributed by atoms with Gasteiger partial charge in [-0.25, -0.2) is 0 Å². The fraction of sp³-hybridized carbons (Fsp3) is 1.00. The molecule has 0 aromatic carbocycles. The molecule has 0 aliphatic carbocycles. The Kier molecular flexibility index (Phi) is 6.07. The molecule has 0 unspecified atom stereocenters. The molecule has 0 heterocycles. The summed E-state index contributed by atoms with van der Waals surface area (Å²) in [5.74, 6) is 0. The van der Waals surface area contributed by atoms with Crippen LogP contribution in [0, 0.1) is 0 Å². The summed E-state index contributed by atoms with van der Waals surface area (Å²) in [6, 6.07) is -7.57. The molecule has 0 saturated heterocycles. The summed E-state index contributed by atoms with van der Waals surface area (Å²) >= 11 is 0. The number of nitrogens with zero attached hydrogens (tertiary/aromatic N) is 6. The molecule has 96 valence electrons. The number of ether oxygens (including phenoxy) is 2. The van der Waals surface area contributed by atoms with Gasteiger partial charge in [0.15, 0.2) is 0 Å². The molecule has 0 amide bonds. The van der Waals surface area contributed by atoms with Gasteiger partial charge in [-0.3, -0.25) is 0 Å². The van der Waals surface area contributed by atoms with Crippen molar-refractivity contribution >= 4 is 0 Å². The number of halogens is 4. The lowest BCUT2D eigenvalue weighted by Gasteiger charge is -2.12. The van der Waals surface area contributed by atoms with E-state index in [9.17, 15) is 17.6 Å². The third kappa shape index (κ3) is 8.11. The number of hydrogen-bond donors (Lipinski definition) is 0. The summed E-state index contributed by atoms with van der Waals surface area (Å²) in [7, 11) is 0. The third-order valence-corrected chi connectivity index (χ3v) is 1.10. The topological polar surface area (TPSA) is 116 Å². The molecule has 0 N–H and O–H groups in total. The Morgan fingerprint density at radius 3 is 1.53 bits per heavy atom. The maximum atomic E-state index is 12.4. The second-order valence-electron chi connectivity index (χ2n) is 2.53. The molecule has 0 aromatic rings. The molecule has 0 aliphatic rings. The third-order valence-electron chi connectivity index (χ3n) is 1.10. The lowest BCUT2D eigenvalue weighted by atomic mass is 10.6. The predicted octanol–water partition coefficient (Wildman–Crippen LogP) is 2.78. The summed E-state index contributed by atoms with van der Waals surface area (Å²) in [5.41, 5.74) is 15.4. The molecule has 0 saturated carbocycles. The Morgan fingerprint density at radius 2 is 1.24 bits per heavy atom. The molecule has 0 spiro atoms. The van der Waals surface area contributed by atoms with E-state index in [0.29, 0.717) is 0 Å². The van der Waals surface area contributed by atoms with Gasteiger partial charge in [0.1, 0.15) is 20.0 Å². The van der Waals surface area contributed by atoms with Crippen LogP contribution in [-0.2, 0) is 9.47 Å². The first kappa shape index (κ1) is 15.3. The Balaban J connectivity index is 3.80. The number of alkyl halides is 4. The first-order valence-corrected chi connectivity index (χ1v) is 3.86. The van der Waals surface area contributed by atoms with Crippen LogP contribution in [0.4, 0.5) is 17.6 Å². The molecular formula is C5H6F4N6O2. The Morgan fingerprint density at radius 1 is 0.882 bits per heavy atom. The molecule has 0 aliphatic heterocycles. The van der Waals surface area contributed by atoms with Crippen molar-refractivity contribution in [1.29, 1.82) is 0 Å². The van der Waals surface area contributed by atoms with Gasteiger partial charge in [0, 0.05) is 9.82 Å². The molecular weight excluding hydrogens is 252 g/mol. The fourth-order valence-corrected chi connectivity index (χ4v) is 0.576. The van der Waals surface area contributed by atoms with Crippen molar-refractivity contribution in [1.82, 2.24) is 0 Å². The highest BCUT2D eigenvalue weighted by Crippen LogP contribution is 2.17. The average molecular weight is 258 g/mol. The Hall–Kier alpha value is -1.74. The van der Waals surface area contributed by atoms with Gasteiger partial charge >= 0.3 is 12.1 Å². The van der Waals surface area contributed by atoms with Gasteiger partial charge in [-0.1, -0.05) is 0 Å². The van der Waals surface area contributed by atoms with Gasteiger partial charge in [-0.15, -0.1) is 0 Å². The zero-order valence-electron chi connectivity index (χ0n) is 8.13. The van der Waals surface area contributed by atoms with Crippen molar-refractivity contribution in [3.05, 3.63) is 20.9 Å². The minimum absolute atomic E-state index is 0.896. The summed E-state index contributed by atoms with van der Waals surface area (Å²) in [6.07, 6.45) is 0. The zero-order chi connectivity index (χ0) is 13.4. The minimum atomic E-state index is -3.79.